The molecule has 2 aromatic heterocycles. The monoisotopic (exact) mass is 365 g/mol. The van der Waals surface area contributed by atoms with E-state index in [0.29, 0.717) is 17.0 Å². The standard InChI is InChI=1S/C20H16ClN3O2/c21-15-6-7-17-14(10-15)11-18(26-17)20(25)24-16(12-19-22-8-9-23-19)13-4-2-1-3-5-13/h1-11,16H,12H2,(H,22,23)(H,24,25)/t16-/m0/s1. The van der Waals surface area contributed by atoms with E-state index in [-0.39, 0.29) is 17.7 Å². The highest BCUT2D eigenvalue weighted by molar-refractivity contribution is 6.31. The molecule has 2 heterocycles. The second-order valence-corrected chi connectivity index (χ2v) is 6.41. The average molecular weight is 366 g/mol. The number of aromatic amines is 1. The number of fused-ring (bicyclic) bond motifs is 1. The summed E-state index contributed by atoms with van der Waals surface area (Å²) >= 11 is 6.00. The van der Waals surface area contributed by atoms with Gasteiger partial charge < -0.3 is 14.7 Å². The second kappa shape index (κ2) is 7.06. The highest BCUT2D eigenvalue weighted by atomic mass is 35.5. The lowest BCUT2D eigenvalue weighted by Gasteiger charge is -2.17. The first-order valence-electron chi connectivity index (χ1n) is 8.22. The average Bonchev–Trinajstić information content (AvgIpc) is 3.31. The summed E-state index contributed by atoms with van der Waals surface area (Å²) in [6, 6.07) is 16.5. The molecule has 2 aromatic carbocycles. The lowest BCUT2D eigenvalue weighted by Crippen LogP contribution is -2.30. The number of benzene rings is 2. The largest absolute Gasteiger partial charge is 0.451 e. The lowest BCUT2D eigenvalue weighted by molar-refractivity contribution is 0.0910. The minimum atomic E-state index is -0.280. The summed E-state index contributed by atoms with van der Waals surface area (Å²) in [6.07, 6.45) is 4.01. The van der Waals surface area contributed by atoms with E-state index in [1.165, 1.54) is 0 Å². The van der Waals surface area contributed by atoms with E-state index in [0.717, 1.165) is 16.8 Å². The van der Waals surface area contributed by atoms with Gasteiger partial charge in [-0.05, 0) is 29.8 Å². The molecule has 0 aliphatic heterocycles. The Balaban J connectivity index is 1.60. The Hall–Kier alpha value is -3.05. The Labute approximate surface area is 155 Å². The third-order valence-corrected chi connectivity index (χ3v) is 4.40. The van der Waals surface area contributed by atoms with E-state index < -0.39 is 0 Å². The van der Waals surface area contributed by atoms with E-state index in [1.807, 2.05) is 30.3 Å². The van der Waals surface area contributed by atoms with Crippen molar-refractivity contribution in [3.63, 3.8) is 0 Å². The summed E-state index contributed by atoms with van der Waals surface area (Å²) in [5.74, 6) is 0.774. The van der Waals surface area contributed by atoms with Crippen LogP contribution in [0.5, 0.6) is 0 Å². The summed E-state index contributed by atoms with van der Waals surface area (Å²) in [7, 11) is 0. The topological polar surface area (TPSA) is 70.9 Å². The molecule has 0 bridgehead atoms. The number of furan rings is 1. The Bertz CT molecular complexity index is 1030. The maximum Gasteiger partial charge on any atom is 0.287 e. The molecule has 0 aliphatic rings. The predicted molar refractivity (Wildman–Crippen MR) is 100 cm³/mol. The zero-order chi connectivity index (χ0) is 17.9. The molecular formula is C20H16ClN3O2. The molecule has 5 nitrogen and oxygen atoms in total. The van der Waals surface area contributed by atoms with Crippen molar-refractivity contribution in [2.75, 3.05) is 0 Å². The van der Waals surface area contributed by atoms with Gasteiger partial charge in [0.05, 0.1) is 6.04 Å². The molecular weight excluding hydrogens is 350 g/mol. The predicted octanol–water partition coefficient (Wildman–Crippen LogP) is 4.52. The van der Waals surface area contributed by atoms with E-state index >= 15 is 0 Å². The molecule has 0 saturated heterocycles. The number of imidazole rings is 1. The van der Waals surface area contributed by atoms with Crippen molar-refractivity contribution in [1.29, 1.82) is 0 Å². The minimum absolute atomic E-state index is 0.230. The molecule has 6 heteroatoms. The number of halogens is 1. The van der Waals surface area contributed by atoms with Gasteiger partial charge in [0.25, 0.3) is 5.91 Å². The van der Waals surface area contributed by atoms with Crippen LogP contribution in [0.15, 0.2) is 71.4 Å². The van der Waals surface area contributed by atoms with Crippen LogP contribution in [-0.2, 0) is 6.42 Å². The van der Waals surface area contributed by atoms with Gasteiger partial charge in [-0.25, -0.2) is 4.98 Å². The van der Waals surface area contributed by atoms with Crippen molar-refractivity contribution >= 4 is 28.5 Å². The maximum atomic E-state index is 12.7. The molecule has 26 heavy (non-hydrogen) atoms. The molecule has 2 N–H and O–H groups in total. The van der Waals surface area contributed by atoms with E-state index in [2.05, 4.69) is 15.3 Å². The van der Waals surface area contributed by atoms with Crippen molar-refractivity contribution in [1.82, 2.24) is 15.3 Å². The van der Waals surface area contributed by atoms with Crippen LogP contribution in [-0.4, -0.2) is 15.9 Å². The highest BCUT2D eigenvalue weighted by Gasteiger charge is 2.20. The molecule has 4 aromatic rings. The van der Waals surface area contributed by atoms with Crippen LogP contribution in [0.4, 0.5) is 0 Å². The molecule has 0 radical (unpaired) electrons. The maximum absolute atomic E-state index is 12.7. The molecule has 1 atom stereocenters. The van der Waals surface area contributed by atoms with Crippen LogP contribution >= 0.6 is 11.6 Å². The fourth-order valence-electron chi connectivity index (χ4n) is 2.90. The summed E-state index contributed by atoms with van der Waals surface area (Å²) in [5.41, 5.74) is 1.62. The number of nitrogens with one attached hydrogen (secondary N) is 2. The van der Waals surface area contributed by atoms with Gasteiger partial charge in [-0.2, -0.15) is 0 Å². The van der Waals surface area contributed by atoms with E-state index in [1.54, 1.807) is 36.7 Å². The lowest BCUT2D eigenvalue weighted by atomic mass is 10.0. The number of rotatable bonds is 5. The second-order valence-electron chi connectivity index (χ2n) is 5.97. The van der Waals surface area contributed by atoms with Gasteiger partial charge in [-0.15, -0.1) is 0 Å². The molecule has 1 amide bonds. The quantitative estimate of drug-likeness (QED) is 0.546. The minimum Gasteiger partial charge on any atom is -0.451 e. The van der Waals surface area contributed by atoms with Crippen LogP contribution in [0.1, 0.15) is 28.0 Å². The van der Waals surface area contributed by atoms with Crippen LogP contribution in [0.3, 0.4) is 0 Å². The Morgan fingerprint density at radius 1 is 1.19 bits per heavy atom. The van der Waals surface area contributed by atoms with E-state index in [4.69, 9.17) is 16.0 Å². The molecule has 0 saturated carbocycles. The molecule has 4 rings (SSSR count). The Kier molecular flexibility index (Phi) is 4.46. The first kappa shape index (κ1) is 16.4. The van der Waals surface area contributed by atoms with Crippen molar-refractivity contribution < 1.29 is 9.21 Å². The third kappa shape index (κ3) is 3.48. The van der Waals surface area contributed by atoms with Crippen LogP contribution < -0.4 is 5.32 Å². The summed E-state index contributed by atoms with van der Waals surface area (Å²) in [4.78, 5) is 20.1. The Morgan fingerprint density at radius 3 is 2.81 bits per heavy atom. The number of carbonyl (C=O) groups excluding carboxylic acids is 1. The number of carbonyl (C=O) groups is 1. The number of hydrogen-bond acceptors (Lipinski definition) is 3. The van der Waals surface area contributed by atoms with Crippen LogP contribution in [0.25, 0.3) is 11.0 Å². The zero-order valence-corrected chi connectivity index (χ0v) is 14.5. The smallest absolute Gasteiger partial charge is 0.287 e. The normalized spacial score (nSPS) is 12.2. The van der Waals surface area contributed by atoms with Gasteiger partial charge in [0.15, 0.2) is 5.76 Å². The molecule has 0 unspecified atom stereocenters. The number of H-pyrrole nitrogens is 1. The Morgan fingerprint density at radius 2 is 2.04 bits per heavy atom. The van der Waals surface area contributed by atoms with Gasteiger partial charge in [-0.1, -0.05) is 41.9 Å². The summed E-state index contributed by atoms with van der Waals surface area (Å²) in [5, 5.41) is 4.44. The van der Waals surface area contributed by atoms with Crippen molar-refractivity contribution in [2.45, 2.75) is 12.5 Å². The van der Waals surface area contributed by atoms with Gasteiger partial charge in [0.1, 0.15) is 11.4 Å². The van der Waals surface area contributed by atoms with E-state index in [9.17, 15) is 4.79 Å². The highest BCUT2D eigenvalue weighted by Crippen LogP contribution is 2.24. The summed E-state index contributed by atoms with van der Waals surface area (Å²) < 4.78 is 5.66. The molecule has 0 spiro atoms. The summed E-state index contributed by atoms with van der Waals surface area (Å²) in [6.45, 7) is 0. The fourth-order valence-corrected chi connectivity index (χ4v) is 3.08. The van der Waals surface area contributed by atoms with Crippen molar-refractivity contribution in [3.8, 4) is 0 Å². The molecule has 130 valence electrons. The van der Waals surface area contributed by atoms with Crippen LogP contribution in [0.2, 0.25) is 5.02 Å². The first-order chi connectivity index (χ1) is 12.7. The molecule has 0 aliphatic carbocycles. The fraction of sp³-hybridized carbons (Fsp3) is 0.100. The van der Waals surface area contributed by atoms with Crippen LogP contribution in [0, 0.1) is 0 Å². The van der Waals surface area contributed by atoms with Gasteiger partial charge in [-0.3, -0.25) is 4.79 Å². The SMILES string of the molecule is O=C(N[C@@H](Cc1ncc[nH]1)c1ccccc1)c1cc2cc(Cl)ccc2o1. The zero-order valence-electron chi connectivity index (χ0n) is 13.8. The number of nitrogens with zero attached hydrogens (tertiary/aromatic N) is 1. The number of amides is 1. The van der Waals surface area contributed by atoms with Gasteiger partial charge in [0, 0.05) is 29.2 Å². The van der Waals surface area contributed by atoms with Crippen molar-refractivity contribution in [2.24, 2.45) is 0 Å². The van der Waals surface area contributed by atoms with Gasteiger partial charge in [0.2, 0.25) is 0 Å². The third-order valence-electron chi connectivity index (χ3n) is 4.16. The number of hydrogen-bond donors (Lipinski definition) is 2. The first-order valence-corrected chi connectivity index (χ1v) is 8.60. The number of aromatic nitrogens is 2. The van der Waals surface area contributed by atoms with Gasteiger partial charge >= 0.3 is 0 Å². The molecule has 0 fully saturated rings. The van der Waals surface area contributed by atoms with Crippen molar-refractivity contribution in [3.05, 3.63) is 89.2 Å².